The Kier molecular flexibility index (Phi) is 4.37. The molecule has 24 heavy (non-hydrogen) atoms. The van der Waals surface area contributed by atoms with Crippen LogP contribution in [0.25, 0.3) is 10.8 Å². The average Bonchev–Trinajstić information content (AvgIpc) is 2.63. The van der Waals surface area contributed by atoms with Crippen molar-refractivity contribution >= 4 is 22.4 Å². The van der Waals surface area contributed by atoms with Gasteiger partial charge < -0.3 is 5.11 Å². The van der Waals surface area contributed by atoms with Crippen LogP contribution in [0.4, 0.5) is 0 Å². The summed E-state index contributed by atoms with van der Waals surface area (Å²) >= 11 is 6.08. The van der Waals surface area contributed by atoms with E-state index in [1.54, 1.807) is 5.57 Å². The number of halogens is 1. The number of fused-ring (bicyclic) bond motifs is 1. The third kappa shape index (κ3) is 2.98. The Balaban J connectivity index is 1.51. The van der Waals surface area contributed by atoms with Gasteiger partial charge >= 0.3 is 0 Å². The van der Waals surface area contributed by atoms with Gasteiger partial charge in [-0.25, -0.2) is 0 Å². The molecular formula is C22H23ClO. The minimum Gasteiger partial charge on any atom is -0.507 e. The van der Waals surface area contributed by atoms with Crippen LogP contribution < -0.4 is 0 Å². The molecule has 0 atom stereocenters. The first-order valence-corrected chi connectivity index (χ1v) is 9.36. The van der Waals surface area contributed by atoms with Crippen LogP contribution in [-0.2, 0) is 0 Å². The zero-order valence-corrected chi connectivity index (χ0v) is 14.6. The second kappa shape index (κ2) is 6.64. The van der Waals surface area contributed by atoms with E-state index in [0.717, 1.165) is 47.1 Å². The lowest BCUT2D eigenvalue weighted by atomic mass is 9.74. The van der Waals surface area contributed by atoms with Crippen LogP contribution in [0.3, 0.4) is 0 Å². The van der Waals surface area contributed by atoms with Crippen LogP contribution >= 0.6 is 11.6 Å². The number of hydrogen-bond acceptors (Lipinski definition) is 1. The van der Waals surface area contributed by atoms with E-state index in [9.17, 15) is 5.11 Å². The fraction of sp³-hybridized carbons (Fsp3) is 0.364. The van der Waals surface area contributed by atoms with Crippen molar-refractivity contribution in [3.63, 3.8) is 0 Å². The Labute approximate surface area is 148 Å². The number of phenolic OH excluding ortho intramolecular Hbond substituents is 1. The summed E-state index contributed by atoms with van der Waals surface area (Å²) in [5, 5.41) is 13.8. The van der Waals surface area contributed by atoms with Crippen LogP contribution in [0.5, 0.6) is 5.75 Å². The Morgan fingerprint density at radius 3 is 2.33 bits per heavy atom. The van der Waals surface area contributed by atoms with E-state index in [4.69, 9.17) is 11.6 Å². The molecule has 2 aliphatic carbocycles. The highest BCUT2D eigenvalue weighted by molar-refractivity contribution is 6.29. The maximum atomic E-state index is 10.7. The highest BCUT2D eigenvalue weighted by Gasteiger charge is 2.27. The maximum absolute atomic E-state index is 10.7. The van der Waals surface area contributed by atoms with Gasteiger partial charge in [-0.05, 0) is 67.4 Å². The van der Waals surface area contributed by atoms with Crippen molar-refractivity contribution < 1.29 is 5.11 Å². The largest absolute Gasteiger partial charge is 0.507 e. The molecule has 2 aliphatic rings. The van der Waals surface area contributed by atoms with Gasteiger partial charge in [0.2, 0.25) is 0 Å². The number of benzene rings is 2. The monoisotopic (exact) mass is 338 g/mol. The van der Waals surface area contributed by atoms with Gasteiger partial charge in [-0.3, -0.25) is 0 Å². The van der Waals surface area contributed by atoms with E-state index in [-0.39, 0.29) is 0 Å². The van der Waals surface area contributed by atoms with Crippen molar-refractivity contribution in [2.45, 2.75) is 44.4 Å². The summed E-state index contributed by atoms with van der Waals surface area (Å²) in [6, 6.07) is 12.4. The lowest BCUT2D eigenvalue weighted by Crippen LogP contribution is -2.16. The van der Waals surface area contributed by atoms with Crippen LogP contribution in [0.2, 0.25) is 0 Å². The Bertz CT molecular complexity index is 810. The molecule has 0 aliphatic heterocycles. The molecule has 1 N–H and O–H groups in total. The van der Waals surface area contributed by atoms with Crippen molar-refractivity contribution in [1.29, 1.82) is 0 Å². The molecule has 0 saturated heterocycles. The smallest absolute Gasteiger partial charge is 0.126 e. The fourth-order valence-electron chi connectivity index (χ4n) is 4.34. The van der Waals surface area contributed by atoms with E-state index in [1.807, 2.05) is 18.2 Å². The third-order valence-corrected chi connectivity index (χ3v) is 6.07. The van der Waals surface area contributed by atoms with Gasteiger partial charge in [0.25, 0.3) is 0 Å². The average molecular weight is 339 g/mol. The third-order valence-electron chi connectivity index (χ3n) is 5.75. The van der Waals surface area contributed by atoms with Crippen LogP contribution in [0, 0.1) is 5.92 Å². The van der Waals surface area contributed by atoms with Crippen molar-refractivity contribution in [2.75, 3.05) is 0 Å². The number of allylic oxidation sites excluding steroid dienone is 4. The van der Waals surface area contributed by atoms with Gasteiger partial charge in [0.05, 0.1) is 0 Å². The Morgan fingerprint density at radius 1 is 0.833 bits per heavy atom. The number of rotatable bonds is 2. The lowest BCUT2D eigenvalue weighted by molar-refractivity contribution is 0.349. The highest BCUT2D eigenvalue weighted by Crippen LogP contribution is 2.44. The van der Waals surface area contributed by atoms with Gasteiger partial charge in [-0.15, -0.1) is 0 Å². The zero-order valence-electron chi connectivity index (χ0n) is 13.8. The van der Waals surface area contributed by atoms with E-state index in [2.05, 4.69) is 30.4 Å². The SMILES string of the molecule is Oc1c(C2CCC(C3=CC=C(Cl)CC3)CC2)ccc2ccccc12. The molecule has 0 amide bonds. The van der Waals surface area contributed by atoms with Gasteiger partial charge in [0, 0.05) is 10.4 Å². The van der Waals surface area contributed by atoms with Crippen LogP contribution in [0.15, 0.2) is 59.2 Å². The summed E-state index contributed by atoms with van der Waals surface area (Å²) < 4.78 is 0. The van der Waals surface area contributed by atoms with Crippen LogP contribution in [0.1, 0.15) is 50.0 Å². The fourth-order valence-corrected chi connectivity index (χ4v) is 4.50. The molecule has 0 bridgehead atoms. The second-order valence-corrected chi connectivity index (χ2v) is 7.61. The summed E-state index contributed by atoms with van der Waals surface area (Å²) in [6.45, 7) is 0. The van der Waals surface area contributed by atoms with Gasteiger partial charge in [-0.2, -0.15) is 0 Å². The van der Waals surface area contributed by atoms with Crippen molar-refractivity contribution in [3.8, 4) is 5.75 Å². The predicted octanol–water partition coefficient (Wildman–Crippen LogP) is 6.66. The topological polar surface area (TPSA) is 20.2 Å². The number of hydrogen-bond donors (Lipinski definition) is 1. The first kappa shape index (κ1) is 15.8. The molecule has 0 aromatic heterocycles. The molecule has 0 unspecified atom stereocenters. The van der Waals surface area contributed by atoms with Crippen molar-refractivity contribution in [2.24, 2.45) is 5.92 Å². The number of aromatic hydroxyl groups is 1. The first-order chi connectivity index (χ1) is 11.7. The predicted molar refractivity (Wildman–Crippen MR) is 102 cm³/mol. The summed E-state index contributed by atoms with van der Waals surface area (Å²) in [4.78, 5) is 0. The second-order valence-electron chi connectivity index (χ2n) is 7.13. The van der Waals surface area contributed by atoms with E-state index >= 15 is 0 Å². The lowest BCUT2D eigenvalue weighted by Gasteiger charge is -2.31. The van der Waals surface area contributed by atoms with Gasteiger partial charge in [0.1, 0.15) is 5.75 Å². The molecule has 0 radical (unpaired) electrons. The van der Waals surface area contributed by atoms with E-state index in [1.165, 1.54) is 12.8 Å². The van der Waals surface area contributed by atoms with Crippen molar-refractivity contribution in [3.05, 3.63) is 64.7 Å². The van der Waals surface area contributed by atoms with Gasteiger partial charge in [0.15, 0.2) is 0 Å². The first-order valence-electron chi connectivity index (χ1n) is 8.98. The summed E-state index contributed by atoms with van der Waals surface area (Å²) in [5.74, 6) is 1.67. The summed E-state index contributed by atoms with van der Waals surface area (Å²) in [7, 11) is 0. The minimum atomic E-state index is 0.481. The molecule has 124 valence electrons. The quantitative estimate of drug-likeness (QED) is 0.648. The molecule has 1 nitrogen and oxygen atoms in total. The molecular weight excluding hydrogens is 316 g/mol. The van der Waals surface area contributed by atoms with Gasteiger partial charge in [-0.1, -0.05) is 59.6 Å². The van der Waals surface area contributed by atoms with E-state index in [0.29, 0.717) is 17.6 Å². The Morgan fingerprint density at radius 2 is 1.58 bits per heavy atom. The molecule has 4 rings (SSSR count). The highest BCUT2D eigenvalue weighted by atomic mass is 35.5. The normalized spacial score (nSPS) is 24.5. The molecule has 2 aromatic rings. The summed E-state index contributed by atoms with van der Waals surface area (Å²) in [6.07, 6.45) is 11.2. The summed E-state index contributed by atoms with van der Waals surface area (Å²) in [5.41, 5.74) is 2.70. The maximum Gasteiger partial charge on any atom is 0.126 e. The van der Waals surface area contributed by atoms with E-state index < -0.39 is 0 Å². The molecule has 2 heteroatoms. The van der Waals surface area contributed by atoms with Crippen LogP contribution in [-0.4, -0.2) is 5.11 Å². The number of phenols is 1. The zero-order chi connectivity index (χ0) is 16.5. The molecule has 2 aromatic carbocycles. The molecule has 1 saturated carbocycles. The van der Waals surface area contributed by atoms with Crippen molar-refractivity contribution in [1.82, 2.24) is 0 Å². The minimum absolute atomic E-state index is 0.481. The molecule has 1 fully saturated rings. The molecule has 0 spiro atoms. The standard InChI is InChI=1S/C22H23ClO/c23-19-12-9-16(10-13-19)15-5-7-18(8-6-15)21-14-11-17-3-1-2-4-20(17)22(21)24/h1-4,9,11-12,14-15,18,24H,5-8,10,13H2. The molecule has 0 heterocycles. The Hall–Kier alpha value is -1.73.